The van der Waals surface area contributed by atoms with Crippen LogP contribution in [0, 0.1) is 18.8 Å². The zero-order valence-corrected chi connectivity index (χ0v) is 16.0. The Morgan fingerprint density at radius 3 is 2.67 bits per heavy atom. The Labute approximate surface area is 159 Å². The van der Waals surface area contributed by atoms with Crippen LogP contribution < -0.4 is 5.32 Å². The molecular weight excluding hydrogens is 338 g/mol. The minimum Gasteiger partial charge on any atom is -0.337 e. The van der Waals surface area contributed by atoms with Crippen molar-refractivity contribution in [3.63, 3.8) is 0 Å². The van der Waals surface area contributed by atoms with E-state index in [9.17, 15) is 9.59 Å². The summed E-state index contributed by atoms with van der Waals surface area (Å²) in [6.45, 7) is 7.30. The summed E-state index contributed by atoms with van der Waals surface area (Å²) in [5.74, 6) is 0.749. The first kappa shape index (κ1) is 17.7. The molecule has 1 aromatic carbocycles. The second kappa shape index (κ2) is 6.48. The van der Waals surface area contributed by atoms with Crippen molar-refractivity contribution in [2.24, 2.45) is 11.8 Å². The van der Waals surface area contributed by atoms with Crippen molar-refractivity contribution >= 4 is 17.6 Å². The number of piperidine rings is 1. The molecule has 2 amide bonds. The first-order valence-electron chi connectivity index (χ1n) is 9.52. The quantitative estimate of drug-likeness (QED) is 0.906. The Bertz CT molecular complexity index is 891. The summed E-state index contributed by atoms with van der Waals surface area (Å²) in [6.07, 6.45) is 2.74. The Hall–Kier alpha value is -2.69. The average Bonchev–Trinajstić information content (AvgIpc) is 3.23. The number of anilines is 1. The molecule has 5 nitrogen and oxygen atoms in total. The van der Waals surface area contributed by atoms with E-state index in [1.165, 1.54) is 11.1 Å². The molecular formula is C22H25N3O2. The topological polar surface area (TPSA) is 62.3 Å². The number of fused-ring (bicyclic) bond motifs is 1. The number of carbonyl (C=O) groups excluding carboxylic acids is 2. The highest BCUT2D eigenvalue weighted by molar-refractivity contribution is 5.97. The van der Waals surface area contributed by atoms with E-state index in [1.807, 2.05) is 18.7 Å². The lowest BCUT2D eigenvalue weighted by molar-refractivity contribution is -0.118. The number of nitrogens with zero attached hydrogens (tertiary/aromatic N) is 2. The van der Waals surface area contributed by atoms with Gasteiger partial charge in [0.25, 0.3) is 5.91 Å². The number of hydrogen-bond acceptors (Lipinski definition) is 3. The van der Waals surface area contributed by atoms with Crippen LogP contribution in [-0.4, -0.2) is 34.8 Å². The van der Waals surface area contributed by atoms with Gasteiger partial charge in [-0.15, -0.1) is 0 Å². The lowest BCUT2D eigenvalue weighted by Gasteiger charge is -2.22. The van der Waals surface area contributed by atoms with Gasteiger partial charge in [-0.25, -0.2) is 4.98 Å². The summed E-state index contributed by atoms with van der Waals surface area (Å²) in [5.41, 5.74) is 3.30. The van der Waals surface area contributed by atoms with Crippen molar-refractivity contribution < 1.29 is 9.59 Å². The molecule has 1 aliphatic heterocycles. The zero-order chi connectivity index (χ0) is 19.2. The summed E-state index contributed by atoms with van der Waals surface area (Å²) >= 11 is 0. The fraction of sp³-hybridized carbons (Fsp3) is 0.409. The standard InChI is InChI=1S/C22H25N3O2/c1-14(2)20(26)24-19-10-16(8-9-23-19)21(27)25-12-18-11-22(18,13-25)17-6-4-15(3)5-7-17/h4-10,14,18H,11-13H2,1-3H3,(H,23,24,26)/t18-,22+/m0/s1. The van der Waals surface area contributed by atoms with Crippen LogP contribution in [0.5, 0.6) is 0 Å². The van der Waals surface area contributed by atoms with Crippen molar-refractivity contribution in [2.45, 2.75) is 32.6 Å². The third kappa shape index (κ3) is 3.22. The van der Waals surface area contributed by atoms with Gasteiger partial charge in [0.15, 0.2) is 0 Å². The third-order valence-corrected chi connectivity index (χ3v) is 5.84. The number of rotatable bonds is 4. The molecule has 2 aromatic rings. The van der Waals surface area contributed by atoms with Gasteiger partial charge < -0.3 is 10.2 Å². The molecule has 0 spiro atoms. The second-order valence-electron chi connectivity index (χ2n) is 8.18. The monoisotopic (exact) mass is 363 g/mol. The summed E-state index contributed by atoms with van der Waals surface area (Å²) in [6, 6.07) is 12.1. The van der Waals surface area contributed by atoms with Gasteiger partial charge in [0, 0.05) is 36.2 Å². The number of pyridine rings is 1. The van der Waals surface area contributed by atoms with Crippen molar-refractivity contribution in [3.05, 3.63) is 59.3 Å². The zero-order valence-electron chi connectivity index (χ0n) is 16.0. The maximum Gasteiger partial charge on any atom is 0.254 e. The first-order valence-corrected chi connectivity index (χ1v) is 9.52. The van der Waals surface area contributed by atoms with E-state index in [0.29, 0.717) is 17.3 Å². The predicted octanol–water partition coefficient (Wildman–Crippen LogP) is 3.40. The summed E-state index contributed by atoms with van der Waals surface area (Å²) in [4.78, 5) is 31.0. The maximum atomic E-state index is 13.0. The Morgan fingerprint density at radius 1 is 1.22 bits per heavy atom. The first-order chi connectivity index (χ1) is 12.9. The van der Waals surface area contributed by atoms with Crippen LogP contribution in [0.3, 0.4) is 0 Å². The molecule has 2 aliphatic rings. The predicted molar refractivity (Wildman–Crippen MR) is 105 cm³/mol. The van der Waals surface area contributed by atoms with E-state index in [1.54, 1.807) is 18.3 Å². The number of aromatic nitrogens is 1. The van der Waals surface area contributed by atoms with Crippen molar-refractivity contribution in [1.82, 2.24) is 9.88 Å². The summed E-state index contributed by atoms with van der Waals surface area (Å²) in [5, 5.41) is 2.76. The van der Waals surface area contributed by atoms with Crippen molar-refractivity contribution in [1.29, 1.82) is 0 Å². The smallest absolute Gasteiger partial charge is 0.254 e. The molecule has 0 bridgehead atoms. The molecule has 0 radical (unpaired) electrons. The van der Waals surface area contributed by atoms with Crippen LogP contribution in [0.2, 0.25) is 0 Å². The molecule has 27 heavy (non-hydrogen) atoms. The van der Waals surface area contributed by atoms with Gasteiger partial charge >= 0.3 is 0 Å². The van der Waals surface area contributed by atoms with Crippen molar-refractivity contribution in [3.8, 4) is 0 Å². The fourth-order valence-corrected chi connectivity index (χ4v) is 4.05. The third-order valence-electron chi connectivity index (χ3n) is 5.84. The molecule has 2 fully saturated rings. The molecule has 1 saturated heterocycles. The van der Waals surface area contributed by atoms with Crippen LogP contribution in [0.25, 0.3) is 0 Å². The average molecular weight is 363 g/mol. The van der Waals surface area contributed by atoms with Crippen molar-refractivity contribution in [2.75, 3.05) is 18.4 Å². The molecule has 140 valence electrons. The lowest BCUT2D eigenvalue weighted by atomic mass is 9.94. The van der Waals surface area contributed by atoms with Gasteiger partial charge in [-0.3, -0.25) is 9.59 Å². The van der Waals surface area contributed by atoms with Crippen LogP contribution in [-0.2, 0) is 10.2 Å². The molecule has 1 N–H and O–H groups in total. The molecule has 2 heterocycles. The van der Waals surface area contributed by atoms with E-state index in [4.69, 9.17) is 0 Å². The van der Waals surface area contributed by atoms with Gasteiger partial charge in [-0.05, 0) is 37.0 Å². The van der Waals surface area contributed by atoms with Gasteiger partial charge in [-0.2, -0.15) is 0 Å². The van der Waals surface area contributed by atoms with E-state index >= 15 is 0 Å². The molecule has 4 rings (SSSR count). The molecule has 1 aromatic heterocycles. The molecule has 0 unspecified atom stereocenters. The molecule has 1 saturated carbocycles. The van der Waals surface area contributed by atoms with E-state index in [0.717, 1.165) is 19.5 Å². The number of likely N-dealkylation sites (tertiary alicyclic amines) is 1. The highest BCUT2D eigenvalue weighted by Crippen LogP contribution is 2.59. The highest BCUT2D eigenvalue weighted by atomic mass is 16.2. The van der Waals surface area contributed by atoms with Crippen LogP contribution in [0.4, 0.5) is 5.82 Å². The molecule has 1 aliphatic carbocycles. The van der Waals surface area contributed by atoms with E-state index < -0.39 is 0 Å². The number of nitrogens with one attached hydrogen (secondary N) is 1. The molecule has 5 heteroatoms. The van der Waals surface area contributed by atoms with Gasteiger partial charge in [0.05, 0.1) is 0 Å². The second-order valence-corrected chi connectivity index (χ2v) is 8.18. The normalized spacial score (nSPS) is 23.3. The van der Waals surface area contributed by atoms with Gasteiger partial charge in [0.1, 0.15) is 5.82 Å². The number of carbonyl (C=O) groups is 2. The van der Waals surface area contributed by atoms with Crippen LogP contribution in [0.15, 0.2) is 42.6 Å². The summed E-state index contributed by atoms with van der Waals surface area (Å²) < 4.78 is 0. The minimum absolute atomic E-state index is 0.0103. The SMILES string of the molecule is Cc1ccc([C@]23C[C@H]2CN(C(=O)c2ccnc(NC(=O)C(C)C)c2)C3)cc1. The highest BCUT2D eigenvalue weighted by Gasteiger charge is 2.61. The Morgan fingerprint density at radius 2 is 1.96 bits per heavy atom. The Balaban J connectivity index is 1.48. The number of amides is 2. The number of aryl methyl sites for hydroxylation is 1. The van der Waals surface area contributed by atoms with Gasteiger partial charge in [-0.1, -0.05) is 43.7 Å². The van der Waals surface area contributed by atoms with Crippen LogP contribution in [0.1, 0.15) is 41.8 Å². The van der Waals surface area contributed by atoms with E-state index in [-0.39, 0.29) is 23.1 Å². The number of hydrogen-bond donors (Lipinski definition) is 1. The Kier molecular flexibility index (Phi) is 4.25. The molecule has 2 atom stereocenters. The largest absolute Gasteiger partial charge is 0.337 e. The number of benzene rings is 1. The fourth-order valence-electron chi connectivity index (χ4n) is 4.05. The summed E-state index contributed by atoms with van der Waals surface area (Å²) in [7, 11) is 0. The minimum atomic E-state index is -0.133. The van der Waals surface area contributed by atoms with E-state index in [2.05, 4.69) is 41.5 Å². The maximum absolute atomic E-state index is 13.0. The lowest BCUT2D eigenvalue weighted by Crippen LogP contribution is -2.33. The van der Waals surface area contributed by atoms with Crippen LogP contribution >= 0.6 is 0 Å². The van der Waals surface area contributed by atoms with Gasteiger partial charge in [0.2, 0.25) is 5.91 Å².